The molecule has 2 rings (SSSR count). The van der Waals surface area contributed by atoms with Crippen molar-refractivity contribution in [2.75, 3.05) is 5.43 Å². The monoisotopic (exact) mass is 263 g/mol. The fourth-order valence-electron chi connectivity index (χ4n) is 1.34. The molecule has 0 saturated carbocycles. The number of nitrogens with zero attached hydrogens (tertiary/aromatic N) is 2. The van der Waals surface area contributed by atoms with Crippen LogP contribution < -0.4 is 5.43 Å². The molecule has 0 amide bonds. The summed E-state index contributed by atoms with van der Waals surface area (Å²) in [4.78, 5) is 4.48. The minimum absolute atomic E-state index is 0.0677. The minimum atomic E-state index is 0.0677. The van der Waals surface area contributed by atoms with Gasteiger partial charge in [-0.15, -0.1) is 11.3 Å². The molecule has 96 valence electrons. The van der Waals surface area contributed by atoms with Crippen LogP contribution in [0, 0.1) is 6.92 Å². The van der Waals surface area contributed by atoms with E-state index in [1.807, 2.05) is 19.1 Å². The molecule has 0 radical (unpaired) electrons. The van der Waals surface area contributed by atoms with E-state index < -0.39 is 0 Å². The zero-order valence-electron chi connectivity index (χ0n) is 11.0. The third-order valence-electron chi connectivity index (χ3n) is 2.39. The molecule has 0 aliphatic heterocycles. The van der Waals surface area contributed by atoms with Gasteiger partial charge in [0.05, 0.1) is 11.9 Å². The first-order valence-electron chi connectivity index (χ1n) is 5.77. The standard InChI is InChI=1S/C13H17N3OS/c1-9-5-6-10(17-9)7-14-16-12-15-11(8-18-12)13(2,3)4/h5-8H,1-4H3,(H,15,16)/b14-7-. The summed E-state index contributed by atoms with van der Waals surface area (Å²) >= 11 is 1.55. The maximum Gasteiger partial charge on any atom is 0.203 e. The van der Waals surface area contributed by atoms with Crippen LogP contribution in [-0.2, 0) is 5.41 Å². The summed E-state index contributed by atoms with van der Waals surface area (Å²) in [7, 11) is 0. The first kappa shape index (κ1) is 12.8. The largest absolute Gasteiger partial charge is 0.460 e. The number of hydrogen-bond acceptors (Lipinski definition) is 5. The predicted molar refractivity (Wildman–Crippen MR) is 75.5 cm³/mol. The van der Waals surface area contributed by atoms with Gasteiger partial charge in [0.15, 0.2) is 0 Å². The molecule has 4 nitrogen and oxygen atoms in total. The second-order valence-corrected chi connectivity index (χ2v) is 5.96. The summed E-state index contributed by atoms with van der Waals surface area (Å²) in [6.45, 7) is 8.32. The predicted octanol–water partition coefficient (Wildman–Crippen LogP) is 3.79. The van der Waals surface area contributed by atoms with Crippen LogP contribution in [0.1, 0.15) is 38.0 Å². The molecule has 0 unspecified atom stereocenters. The summed E-state index contributed by atoms with van der Waals surface area (Å²) in [6.07, 6.45) is 1.64. The third kappa shape index (κ3) is 3.20. The van der Waals surface area contributed by atoms with Crippen LogP contribution in [0.25, 0.3) is 0 Å². The van der Waals surface area contributed by atoms with Crippen molar-refractivity contribution in [2.45, 2.75) is 33.1 Å². The van der Waals surface area contributed by atoms with Crippen LogP contribution in [0.15, 0.2) is 27.0 Å². The molecule has 0 saturated heterocycles. The van der Waals surface area contributed by atoms with Gasteiger partial charge in [-0.3, -0.25) is 5.43 Å². The number of nitrogens with one attached hydrogen (secondary N) is 1. The Morgan fingerprint density at radius 2 is 2.17 bits per heavy atom. The minimum Gasteiger partial charge on any atom is -0.460 e. The van der Waals surface area contributed by atoms with E-state index in [2.05, 4.69) is 41.7 Å². The lowest BCUT2D eigenvalue weighted by Gasteiger charge is -2.13. The van der Waals surface area contributed by atoms with Crippen LogP contribution in [0.3, 0.4) is 0 Å². The maximum atomic E-state index is 5.37. The first-order valence-corrected chi connectivity index (χ1v) is 6.64. The molecule has 0 bridgehead atoms. The fourth-order valence-corrected chi connectivity index (χ4v) is 2.23. The van der Waals surface area contributed by atoms with E-state index in [-0.39, 0.29) is 5.41 Å². The van der Waals surface area contributed by atoms with Gasteiger partial charge in [-0.1, -0.05) is 20.8 Å². The van der Waals surface area contributed by atoms with Gasteiger partial charge in [0.1, 0.15) is 11.5 Å². The van der Waals surface area contributed by atoms with E-state index in [0.29, 0.717) is 0 Å². The zero-order chi connectivity index (χ0) is 13.2. The van der Waals surface area contributed by atoms with Crippen molar-refractivity contribution in [3.05, 3.63) is 34.7 Å². The second kappa shape index (κ2) is 4.94. The van der Waals surface area contributed by atoms with Gasteiger partial charge in [0.25, 0.3) is 0 Å². The summed E-state index contributed by atoms with van der Waals surface area (Å²) in [6, 6.07) is 3.78. The highest BCUT2D eigenvalue weighted by atomic mass is 32.1. The van der Waals surface area contributed by atoms with E-state index in [0.717, 1.165) is 22.3 Å². The molecular weight excluding hydrogens is 246 g/mol. The number of anilines is 1. The quantitative estimate of drug-likeness (QED) is 0.677. The van der Waals surface area contributed by atoms with E-state index in [1.54, 1.807) is 17.6 Å². The highest BCUT2D eigenvalue weighted by molar-refractivity contribution is 7.13. The molecule has 0 aliphatic rings. The summed E-state index contributed by atoms with van der Waals surface area (Å²) in [5, 5.41) is 6.94. The average molecular weight is 263 g/mol. The number of aryl methyl sites for hydroxylation is 1. The number of hydrazone groups is 1. The Balaban J connectivity index is 1.98. The molecule has 2 aromatic rings. The highest BCUT2D eigenvalue weighted by Crippen LogP contribution is 2.26. The lowest BCUT2D eigenvalue weighted by Crippen LogP contribution is -2.11. The van der Waals surface area contributed by atoms with Crippen molar-refractivity contribution in [3.63, 3.8) is 0 Å². The Bertz CT molecular complexity index is 549. The molecule has 2 aromatic heterocycles. The topological polar surface area (TPSA) is 50.4 Å². The number of aromatic nitrogens is 1. The maximum absolute atomic E-state index is 5.37. The second-order valence-electron chi connectivity index (χ2n) is 5.11. The van der Waals surface area contributed by atoms with E-state index >= 15 is 0 Å². The molecule has 1 N–H and O–H groups in total. The van der Waals surface area contributed by atoms with E-state index in [9.17, 15) is 0 Å². The summed E-state index contributed by atoms with van der Waals surface area (Å²) in [5.41, 5.74) is 4.05. The Morgan fingerprint density at radius 3 is 2.72 bits per heavy atom. The molecule has 0 fully saturated rings. The van der Waals surface area contributed by atoms with E-state index in [1.165, 1.54) is 0 Å². The van der Waals surface area contributed by atoms with Crippen LogP contribution in [0.2, 0.25) is 0 Å². The highest BCUT2D eigenvalue weighted by Gasteiger charge is 2.17. The lowest BCUT2D eigenvalue weighted by molar-refractivity contribution is 0.528. The van der Waals surface area contributed by atoms with Crippen molar-refractivity contribution < 1.29 is 4.42 Å². The van der Waals surface area contributed by atoms with Gasteiger partial charge in [-0.2, -0.15) is 5.10 Å². The van der Waals surface area contributed by atoms with Crippen molar-refractivity contribution >= 4 is 22.7 Å². The number of hydrogen-bond donors (Lipinski definition) is 1. The molecule has 0 atom stereocenters. The number of furan rings is 1. The molecular formula is C13H17N3OS. The zero-order valence-corrected chi connectivity index (χ0v) is 11.8. The first-order chi connectivity index (χ1) is 8.45. The average Bonchev–Trinajstić information content (AvgIpc) is 2.87. The van der Waals surface area contributed by atoms with E-state index in [4.69, 9.17) is 4.42 Å². The SMILES string of the molecule is Cc1ccc(/C=N\Nc2nc(C(C)(C)C)cs2)o1. The molecule has 5 heteroatoms. The van der Waals surface area contributed by atoms with Gasteiger partial charge in [-0.05, 0) is 19.1 Å². The van der Waals surface area contributed by atoms with Crippen molar-refractivity contribution in [1.82, 2.24) is 4.98 Å². The Hall–Kier alpha value is -1.62. The summed E-state index contributed by atoms with van der Waals surface area (Å²) < 4.78 is 5.37. The van der Waals surface area contributed by atoms with Crippen molar-refractivity contribution in [1.29, 1.82) is 0 Å². The van der Waals surface area contributed by atoms with Gasteiger partial charge in [0, 0.05) is 10.8 Å². The Labute approximate surface area is 111 Å². The Morgan fingerprint density at radius 1 is 1.39 bits per heavy atom. The van der Waals surface area contributed by atoms with Gasteiger partial charge in [-0.25, -0.2) is 4.98 Å². The molecule has 0 aliphatic carbocycles. The van der Waals surface area contributed by atoms with Crippen molar-refractivity contribution in [3.8, 4) is 0 Å². The van der Waals surface area contributed by atoms with Crippen LogP contribution >= 0.6 is 11.3 Å². The van der Waals surface area contributed by atoms with Crippen LogP contribution in [-0.4, -0.2) is 11.2 Å². The smallest absolute Gasteiger partial charge is 0.203 e. The molecule has 0 spiro atoms. The molecule has 0 aromatic carbocycles. The van der Waals surface area contributed by atoms with Crippen molar-refractivity contribution in [2.24, 2.45) is 5.10 Å². The van der Waals surface area contributed by atoms with Crippen LogP contribution in [0.4, 0.5) is 5.13 Å². The fraction of sp³-hybridized carbons (Fsp3) is 0.385. The Kier molecular flexibility index (Phi) is 3.52. The van der Waals surface area contributed by atoms with Gasteiger partial charge >= 0.3 is 0 Å². The molecule has 18 heavy (non-hydrogen) atoms. The summed E-state index contributed by atoms with van der Waals surface area (Å²) in [5.74, 6) is 1.60. The molecule has 2 heterocycles. The van der Waals surface area contributed by atoms with Crippen LogP contribution in [0.5, 0.6) is 0 Å². The number of rotatable bonds is 3. The van der Waals surface area contributed by atoms with Gasteiger partial charge < -0.3 is 4.42 Å². The van der Waals surface area contributed by atoms with Gasteiger partial charge in [0.2, 0.25) is 5.13 Å². The third-order valence-corrected chi connectivity index (χ3v) is 3.13. The normalized spacial score (nSPS) is 12.2. The lowest BCUT2D eigenvalue weighted by atomic mass is 9.93. The number of thiazole rings is 1.